The van der Waals surface area contributed by atoms with Gasteiger partial charge in [0.1, 0.15) is 0 Å². The van der Waals surface area contributed by atoms with Gasteiger partial charge in [0.15, 0.2) is 0 Å². The van der Waals surface area contributed by atoms with Crippen molar-refractivity contribution in [1.82, 2.24) is 9.80 Å². The van der Waals surface area contributed by atoms with E-state index in [1.54, 1.807) is 0 Å². The lowest BCUT2D eigenvalue weighted by Crippen LogP contribution is -2.52. The molecule has 3 saturated heterocycles. The molecule has 96 valence electrons. The predicted molar refractivity (Wildman–Crippen MR) is 64.7 cm³/mol. The third-order valence-corrected chi connectivity index (χ3v) is 4.56. The molecular weight excluding hydrogens is 216 g/mol. The summed E-state index contributed by atoms with van der Waals surface area (Å²) >= 11 is 0. The quantitative estimate of drug-likeness (QED) is 0.675. The number of fused-ring (bicyclic) bond motifs is 2. The first-order valence-electron chi connectivity index (χ1n) is 6.84. The molecule has 1 amide bonds. The highest BCUT2D eigenvalue weighted by Gasteiger charge is 2.42. The van der Waals surface area contributed by atoms with Gasteiger partial charge in [0.05, 0.1) is 25.3 Å². The van der Waals surface area contributed by atoms with Crippen LogP contribution in [0.3, 0.4) is 0 Å². The summed E-state index contributed by atoms with van der Waals surface area (Å²) in [4.78, 5) is 17.1. The van der Waals surface area contributed by atoms with Crippen LogP contribution >= 0.6 is 0 Å². The Kier molecular flexibility index (Phi) is 3.09. The SMILES string of the molecule is CN1CCC(C(=O)N2C3CCC2COC3)CC1. The number of ether oxygens (including phenoxy) is 1. The zero-order chi connectivity index (χ0) is 11.8. The van der Waals surface area contributed by atoms with E-state index in [1.165, 1.54) is 0 Å². The monoisotopic (exact) mass is 238 g/mol. The van der Waals surface area contributed by atoms with Gasteiger partial charge < -0.3 is 14.5 Å². The maximum atomic E-state index is 12.6. The average molecular weight is 238 g/mol. The van der Waals surface area contributed by atoms with Crippen molar-refractivity contribution < 1.29 is 9.53 Å². The summed E-state index contributed by atoms with van der Waals surface area (Å²) in [5.74, 6) is 0.682. The van der Waals surface area contributed by atoms with E-state index >= 15 is 0 Å². The van der Waals surface area contributed by atoms with Crippen LogP contribution < -0.4 is 0 Å². The fourth-order valence-corrected chi connectivity index (χ4v) is 3.45. The smallest absolute Gasteiger partial charge is 0.226 e. The molecule has 2 bridgehead atoms. The van der Waals surface area contributed by atoms with Crippen LogP contribution in [0.4, 0.5) is 0 Å². The topological polar surface area (TPSA) is 32.8 Å². The van der Waals surface area contributed by atoms with Gasteiger partial charge in [-0.25, -0.2) is 0 Å². The summed E-state index contributed by atoms with van der Waals surface area (Å²) < 4.78 is 5.54. The molecule has 3 heterocycles. The van der Waals surface area contributed by atoms with Crippen LogP contribution in [-0.4, -0.2) is 61.1 Å². The van der Waals surface area contributed by atoms with Crippen molar-refractivity contribution in [3.8, 4) is 0 Å². The van der Waals surface area contributed by atoms with E-state index in [1.807, 2.05) is 0 Å². The minimum Gasteiger partial charge on any atom is -0.377 e. The molecule has 0 aliphatic carbocycles. The Morgan fingerprint density at radius 1 is 1.06 bits per heavy atom. The summed E-state index contributed by atoms with van der Waals surface area (Å²) in [6, 6.07) is 0.752. The lowest BCUT2D eigenvalue weighted by atomic mass is 9.95. The average Bonchev–Trinajstić information content (AvgIpc) is 2.59. The highest BCUT2D eigenvalue weighted by molar-refractivity contribution is 5.80. The standard InChI is InChI=1S/C13H22N2O2/c1-14-6-4-10(5-7-14)13(16)15-11-2-3-12(15)9-17-8-11/h10-12H,2-9H2,1H3. The summed E-state index contributed by atoms with van der Waals surface area (Å²) in [6.45, 7) is 3.65. The number of carbonyl (C=O) groups excluding carboxylic acids is 1. The van der Waals surface area contributed by atoms with Gasteiger partial charge in [0.2, 0.25) is 5.91 Å². The summed E-state index contributed by atoms with van der Waals surface area (Å²) in [5.41, 5.74) is 0. The predicted octanol–water partition coefficient (Wildman–Crippen LogP) is 0.718. The molecule has 3 aliphatic rings. The Balaban J connectivity index is 1.66. The van der Waals surface area contributed by atoms with E-state index in [4.69, 9.17) is 4.74 Å². The second-order valence-electron chi connectivity index (χ2n) is 5.75. The molecule has 3 aliphatic heterocycles. The van der Waals surface area contributed by atoms with Gasteiger partial charge in [-0.15, -0.1) is 0 Å². The molecule has 0 aromatic rings. The van der Waals surface area contributed by atoms with Gasteiger partial charge in [-0.3, -0.25) is 4.79 Å². The minimum absolute atomic E-state index is 0.271. The number of amides is 1. The van der Waals surface area contributed by atoms with Gasteiger partial charge >= 0.3 is 0 Å². The van der Waals surface area contributed by atoms with Gasteiger partial charge in [0, 0.05) is 5.92 Å². The molecule has 2 atom stereocenters. The van der Waals surface area contributed by atoms with E-state index in [9.17, 15) is 4.79 Å². The number of rotatable bonds is 1. The Labute approximate surface area is 103 Å². The first kappa shape index (κ1) is 11.5. The zero-order valence-corrected chi connectivity index (χ0v) is 10.6. The Morgan fingerprint density at radius 3 is 2.24 bits per heavy atom. The fourth-order valence-electron chi connectivity index (χ4n) is 3.45. The van der Waals surface area contributed by atoms with Crippen molar-refractivity contribution in [3.63, 3.8) is 0 Å². The van der Waals surface area contributed by atoms with Crippen LogP contribution in [0.15, 0.2) is 0 Å². The summed E-state index contributed by atoms with van der Waals surface area (Å²) in [6.07, 6.45) is 4.35. The second kappa shape index (κ2) is 4.58. The molecule has 0 N–H and O–H groups in total. The molecule has 0 saturated carbocycles. The number of carbonyl (C=O) groups is 1. The Bertz CT molecular complexity index is 284. The normalized spacial score (nSPS) is 35.2. The minimum atomic E-state index is 0.271. The molecule has 0 spiro atoms. The van der Waals surface area contributed by atoms with Crippen LogP contribution in [0.5, 0.6) is 0 Å². The molecule has 4 nitrogen and oxygen atoms in total. The zero-order valence-electron chi connectivity index (χ0n) is 10.6. The van der Waals surface area contributed by atoms with Crippen LogP contribution in [0.25, 0.3) is 0 Å². The van der Waals surface area contributed by atoms with Gasteiger partial charge in [0.25, 0.3) is 0 Å². The van der Waals surface area contributed by atoms with Crippen LogP contribution in [0.2, 0.25) is 0 Å². The summed E-state index contributed by atoms with van der Waals surface area (Å²) in [7, 11) is 2.14. The van der Waals surface area contributed by atoms with Crippen molar-refractivity contribution in [1.29, 1.82) is 0 Å². The van der Waals surface area contributed by atoms with Crippen molar-refractivity contribution in [2.24, 2.45) is 5.92 Å². The van der Waals surface area contributed by atoms with Crippen molar-refractivity contribution in [2.75, 3.05) is 33.4 Å². The number of hydrogen-bond donors (Lipinski definition) is 0. The molecule has 3 rings (SSSR count). The molecule has 0 radical (unpaired) electrons. The number of piperidine rings is 1. The molecule has 4 heteroatoms. The molecule has 2 unspecified atom stereocenters. The lowest BCUT2D eigenvalue weighted by molar-refractivity contribution is -0.146. The number of morpholine rings is 1. The first-order chi connectivity index (χ1) is 8.25. The van der Waals surface area contributed by atoms with Crippen molar-refractivity contribution in [3.05, 3.63) is 0 Å². The van der Waals surface area contributed by atoms with E-state index in [0.717, 1.165) is 52.0 Å². The van der Waals surface area contributed by atoms with Gasteiger partial charge in [-0.2, -0.15) is 0 Å². The van der Waals surface area contributed by atoms with Gasteiger partial charge in [-0.1, -0.05) is 0 Å². The molecule has 0 aromatic heterocycles. The number of nitrogens with zero attached hydrogens (tertiary/aromatic N) is 2. The van der Waals surface area contributed by atoms with Crippen LogP contribution in [-0.2, 0) is 9.53 Å². The number of likely N-dealkylation sites (tertiary alicyclic amines) is 1. The van der Waals surface area contributed by atoms with E-state index in [-0.39, 0.29) is 5.92 Å². The number of hydrogen-bond acceptors (Lipinski definition) is 3. The van der Waals surface area contributed by atoms with Crippen LogP contribution in [0, 0.1) is 5.92 Å². The summed E-state index contributed by atoms with van der Waals surface area (Å²) in [5, 5.41) is 0. The second-order valence-corrected chi connectivity index (χ2v) is 5.75. The molecule has 0 aromatic carbocycles. The molecule has 17 heavy (non-hydrogen) atoms. The molecule has 3 fully saturated rings. The highest BCUT2D eigenvalue weighted by Crippen LogP contribution is 2.32. The Morgan fingerprint density at radius 2 is 1.65 bits per heavy atom. The Hall–Kier alpha value is -0.610. The lowest BCUT2D eigenvalue weighted by Gasteiger charge is -2.38. The van der Waals surface area contributed by atoms with Crippen molar-refractivity contribution >= 4 is 5.91 Å². The maximum absolute atomic E-state index is 12.6. The third-order valence-electron chi connectivity index (χ3n) is 4.56. The maximum Gasteiger partial charge on any atom is 0.226 e. The molecular formula is C13H22N2O2. The fraction of sp³-hybridized carbons (Fsp3) is 0.923. The highest BCUT2D eigenvalue weighted by atomic mass is 16.5. The van der Waals surface area contributed by atoms with Crippen LogP contribution in [0.1, 0.15) is 25.7 Å². The van der Waals surface area contributed by atoms with E-state index in [2.05, 4.69) is 16.8 Å². The van der Waals surface area contributed by atoms with Crippen molar-refractivity contribution in [2.45, 2.75) is 37.8 Å². The largest absolute Gasteiger partial charge is 0.377 e. The van der Waals surface area contributed by atoms with Gasteiger partial charge in [-0.05, 0) is 45.8 Å². The third kappa shape index (κ3) is 2.08. The first-order valence-corrected chi connectivity index (χ1v) is 6.84. The van der Waals surface area contributed by atoms with E-state index < -0.39 is 0 Å². The van der Waals surface area contributed by atoms with E-state index in [0.29, 0.717) is 18.0 Å².